The number of carbonyl (C=O) groups is 3. The number of primary amides is 1. The average Bonchev–Trinajstić information content (AvgIpc) is 2.73. The quantitative estimate of drug-likeness (QED) is 0.296. The molecule has 11 nitrogen and oxygen atoms in total. The molecule has 0 aliphatic heterocycles. The summed E-state index contributed by atoms with van der Waals surface area (Å²) in [5.74, 6) is -7.90. The van der Waals surface area contributed by atoms with Crippen molar-refractivity contribution >= 4 is 23.2 Å². The fourth-order valence-corrected chi connectivity index (χ4v) is 5.50. The number of hydrogen-bond donors (Lipinski definition) is 6. The van der Waals surface area contributed by atoms with Crippen molar-refractivity contribution in [3.8, 4) is 5.75 Å². The summed E-state index contributed by atoms with van der Waals surface area (Å²) in [6, 6.07) is 3.02. The Bertz CT molecular complexity index is 1200. The Morgan fingerprint density at radius 3 is 2.11 bits per heavy atom. The van der Waals surface area contributed by atoms with E-state index in [4.69, 9.17) is 5.73 Å². The van der Waals surface area contributed by atoms with Crippen molar-refractivity contribution in [3.05, 3.63) is 46.2 Å². The molecule has 0 heterocycles. The molecule has 0 radical (unpaired) electrons. The first kappa shape index (κ1) is 27.3. The van der Waals surface area contributed by atoms with Gasteiger partial charge in [-0.05, 0) is 60.2 Å². The van der Waals surface area contributed by atoms with E-state index in [1.807, 2.05) is 26.0 Å². The van der Waals surface area contributed by atoms with E-state index < -0.39 is 75.0 Å². The van der Waals surface area contributed by atoms with Crippen molar-refractivity contribution in [2.45, 2.75) is 30.6 Å². The van der Waals surface area contributed by atoms with E-state index in [1.165, 1.54) is 44.1 Å². The summed E-state index contributed by atoms with van der Waals surface area (Å²) in [4.78, 5) is 42.0. The highest BCUT2D eigenvalue weighted by Crippen LogP contribution is 2.57. The Hall–Kier alpha value is -3.25. The van der Waals surface area contributed by atoms with Gasteiger partial charge in [-0.25, -0.2) is 0 Å². The van der Waals surface area contributed by atoms with E-state index in [0.717, 1.165) is 0 Å². The number of rotatable bonds is 2. The summed E-state index contributed by atoms with van der Waals surface area (Å²) in [5.41, 5.74) is -0.548. The molecule has 4 rings (SSSR count). The highest BCUT2D eigenvalue weighted by atomic mass is 16.3. The molecular formula is C25H33N3O8. The molecule has 1 saturated carbocycles. The summed E-state index contributed by atoms with van der Waals surface area (Å²) in [5, 5.41) is 54.9. The maximum atomic E-state index is 13.7. The number of aliphatic hydroxyl groups excluding tert-OH is 2. The summed E-state index contributed by atoms with van der Waals surface area (Å²) in [6.07, 6.45) is -0.200. The monoisotopic (exact) mass is 503 g/mol. The van der Waals surface area contributed by atoms with Gasteiger partial charge in [0.25, 0.3) is 5.91 Å². The number of Topliss-reactive ketones (excluding diaryl/α,β-unsaturated/α-hetero) is 2. The second kappa shape index (κ2) is 9.00. The van der Waals surface area contributed by atoms with Crippen molar-refractivity contribution in [1.29, 1.82) is 0 Å². The van der Waals surface area contributed by atoms with Crippen LogP contribution in [-0.2, 0) is 20.0 Å². The van der Waals surface area contributed by atoms with E-state index in [1.54, 1.807) is 0 Å². The fraction of sp³-hybridized carbons (Fsp3) is 0.480. The number of nitrogens with two attached hydrogens (primary N) is 1. The van der Waals surface area contributed by atoms with Crippen LogP contribution in [0.15, 0.2) is 35.1 Å². The minimum absolute atomic E-state index is 0.170. The molecule has 11 heteroatoms. The standard InChI is InChI=1S/C22H24N2O8.C3H9N/c1-21(31)8-5-4-6-11(25)12(8)16(26)13-9(21)7-10-15(24(2)3)17(27)14(20(23)30)19(29)22(10,32)18(13)28;1-4(2)3/h4-6,9-10,15,25-26,29,31-32H,7H2,1-3H3,(H2,23,30);1-3H3/t9-,10-,15-,21+,22-;/m0./s1. The molecule has 0 bridgehead atoms. The minimum atomic E-state index is -2.75. The third-order valence-corrected chi connectivity index (χ3v) is 7.02. The Labute approximate surface area is 208 Å². The lowest BCUT2D eigenvalue weighted by molar-refractivity contribution is -0.159. The Balaban J connectivity index is 0.000000840. The van der Waals surface area contributed by atoms with Gasteiger partial charge in [-0.2, -0.15) is 0 Å². The van der Waals surface area contributed by atoms with Crippen LogP contribution in [0.25, 0.3) is 5.76 Å². The second-order valence-electron chi connectivity index (χ2n) is 10.3. The number of carbonyl (C=O) groups excluding carboxylic acids is 3. The lowest BCUT2D eigenvalue weighted by atomic mass is 9.54. The third kappa shape index (κ3) is 3.79. The number of fused-ring (bicyclic) bond motifs is 3. The van der Waals surface area contributed by atoms with E-state index in [2.05, 4.69) is 0 Å². The first-order chi connectivity index (χ1) is 16.5. The highest BCUT2D eigenvalue weighted by molar-refractivity contribution is 6.24. The average molecular weight is 504 g/mol. The SMILES string of the molecule is CN(C)C.CN(C)[C@@H]1C(=O)C(C(N)=O)=C(O)[C@@]2(O)C(=O)C3=C(O)c4c(O)cccc4[C@@](C)(O)[C@H]3C[C@@H]12. The van der Waals surface area contributed by atoms with Gasteiger partial charge >= 0.3 is 0 Å². The number of likely N-dealkylation sites (N-methyl/N-ethyl adjacent to an activating group) is 1. The van der Waals surface area contributed by atoms with Crippen LogP contribution < -0.4 is 5.73 Å². The normalized spacial score (nSPS) is 31.6. The maximum Gasteiger partial charge on any atom is 0.255 e. The molecule has 0 saturated heterocycles. The van der Waals surface area contributed by atoms with Crippen LogP contribution in [0.5, 0.6) is 5.75 Å². The molecule has 1 fully saturated rings. The summed E-state index contributed by atoms with van der Waals surface area (Å²) in [7, 11) is 9.01. The third-order valence-electron chi connectivity index (χ3n) is 7.02. The number of aliphatic hydroxyl groups is 4. The molecule has 0 unspecified atom stereocenters. The van der Waals surface area contributed by atoms with Gasteiger partial charge in [0, 0.05) is 17.4 Å². The number of phenolic OH excluding ortho intramolecular Hbond substituents is 1. The molecule has 1 aromatic rings. The van der Waals surface area contributed by atoms with Crippen LogP contribution in [0, 0.1) is 11.8 Å². The maximum absolute atomic E-state index is 13.7. The van der Waals surface area contributed by atoms with Gasteiger partial charge < -0.3 is 36.2 Å². The molecule has 36 heavy (non-hydrogen) atoms. The molecule has 1 aromatic carbocycles. The predicted octanol–water partition coefficient (Wildman–Crippen LogP) is -0.193. The van der Waals surface area contributed by atoms with Crippen LogP contribution in [-0.4, -0.2) is 99.7 Å². The highest BCUT2D eigenvalue weighted by Gasteiger charge is 2.66. The van der Waals surface area contributed by atoms with Crippen LogP contribution >= 0.6 is 0 Å². The van der Waals surface area contributed by atoms with Crippen molar-refractivity contribution in [1.82, 2.24) is 9.80 Å². The molecular weight excluding hydrogens is 470 g/mol. The second-order valence-corrected chi connectivity index (χ2v) is 10.3. The van der Waals surface area contributed by atoms with Crippen molar-refractivity contribution in [2.75, 3.05) is 35.2 Å². The van der Waals surface area contributed by atoms with Crippen LogP contribution in [0.2, 0.25) is 0 Å². The molecule has 0 spiro atoms. The Morgan fingerprint density at radius 2 is 1.61 bits per heavy atom. The lowest BCUT2D eigenvalue weighted by Gasteiger charge is -2.53. The zero-order chi connectivity index (χ0) is 27.5. The van der Waals surface area contributed by atoms with E-state index in [9.17, 15) is 39.9 Å². The van der Waals surface area contributed by atoms with Gasteiger partial charge in [0.05, 0.1) is 17.2 Å². The first-order valence-electron chi connectivity index (χ1n) is 11.3. The number of nitrogens with zero attached hydrogens (tertiary/aromatic N) is 2. The topological polar surface area (TPSA) is 185 Å². The molecule has 3 aliphatic carbocycles. The van der Waals surface area contributed by atoms with Gasteiger partial charge in [-0.15, -0.1) is 0 Å². The van der Waals surface area contributed by atoms with Gasteiger partial charge in [-0.1, -0.05) is 12.1 Å². The smallest absolute Gasteiger partial charge is 0.255 e. The fourth-order valence-electron chi connectivity index (χ4n) is 5.50. The van der Waals surface area contributed by atoms with E-state index >= 15 is 0 Å². The zero-order valence-electron chi connectivity index (χ0n) is 21.1. The number of benzene rings is 1. The predicted molar refractivity (Wildman–Crippen MR) is 130 cm³/mol. The van der Waals surface area contributed by atoms with Crippen LogP contribution in [0.4, 0.5) is 0 Å². The Kier molecular flexibility index (Phi) is 6.84. The van der Waals surface area contributed by atoms with Crippen molar-refractivity contribution < 1.29 is 39.9 Å². The number of hydrogen-bond acceptors (Lipinski definition) is 10. The summed E-state index contributed by atoms with van der Waals surface area (Å²) < 4.78 is 0. The molecule has 5 atom stereocenters. The van der Waals surface area contributed by atoms with E-state index in [-0.39, 0.29) is 17.5 Å². The summed E-state index contributed by atoms with van der Waals surface area (Å²) >= 11 is 0. The van der Waals surface area contributed by atoms with Gasteiger partial charge in [0.2, 0.25) is 5.78 Å². The van der Waals surface area contributed by atoms with Crippen LogP contribution in [0.1, 0.15) is 24.5 Å². The van der Waals surface area contributed by atoms with Crippen molar-refractivity contribution in [3.63, 3.8) is 0 Å². The molecule has 7 N–H and O–H groups in total. The molecule has 1 amide bonds. The van der Waals surface area contributed by atoms with Crippen LogP contribution in [0.3, 0.4) is 0 Å². The van der Waals surface area contributed by atoms with Gasteiger partial charge in [0.1, 0.15) is 22.8 Å². The van der Waals surface area contributed by atoms with E-state index in [0.29, 0.717) is 0 Å². The molecule has 3 aliphatic rings. The number of ketones is 2. The van der Waals surface area contributed by atoms with Gasteiger partial charge in [0.15, 0.2) is 11.4 Å². The number of aromatic hydroxyl groups is 1. The van der Waals surface area contributed by atoms with Gasteiger partial charge in [-0.3, -0.25) is 19.3 Å². The minimum Gasteiger partial charge on any atom is -0.508 e. The number of amides is 1. The first-order valence-corrected chi connectivity index (χ1v) is 11.3. The van der Waals surface area contributed by atoms with Crippen molar-refractivity contribution in [2.24, 2.45) is 17.6 Å². The lowest BCUT2D eigenvalue weighted by Crippen LogP contribution is -2.67. The molecule has 196 valence electrons. The largest absolute Gasteiger partial charge is 0.508 e. The zero-order valence-corrected chi connectivity index (χ0v) is 21.1. The summed E-state index contributed by atoms with van der Waals surface area (Å²) in [6.45, 7) is 1.40. The number of phenols is 1. The Morgan fingerprint density at radius 1 is 1.06 bits per heavy atom. The molecule has 0 aromatic heterocycles.